The lowest BCUT2D eigenvalue weighted by Crippen LogP contribution is -2.36. The summed E-state index contributed by atoms with van der Waals surface area (Å²) in [7, 11) is -4.16. The molecule has 8 heteroatoms. The molecular weight excluding hydrogens is 582 g/mol. The lowest BCUT2D eigenvalue weighted by Gasteiger charge is -2.24. The number of carbonyl (C=O) groups excluding carboxylic acids is 2. The van der Waals surface area contributed by atoms with Crippen molar-refractivity contribution in [2.75, 3.05) is 10.8 Å². The van der Waals surface area contributed by atoms with Crippen LogP contribution >= 0.6 is 27.3 Å². The van der Waals surface area contributed by atoms with E-state index in [2.05, 4.69) is 15.9 Å². The van der Waals surface area contributed by atoms with Crippen LogP contribution in [0, 0.1) is 6.92 Å². The van der Waals surface area contributed by atoms with Crippen LogP contribution in [0.2, 0.25) is 0 Å². The van der Waals surface area contributed by atoms with Crippen LogP contribution in [-0.4, -0.2) is 26.5 Å². The second kappa shape index (κ2) is 11.0. The largest absolute Gasteiger partial charge is 0.292 e. The first kappa shape index (κ1) is 26.5. The summed E-state index contributed by atoms with van der Waals surface area (Å²) in [6.07, 6.45) is 3.40. The molecule has 0 spiro atoms. The number of nitrogens with zero attached hydrogens (tertiary/aromatic N) is 1. The molecular formula is C30H26BrNO4S2. The first-order valence-corrected chi connectivity index (χ1v) is 15.4. The fourth-order valence-corrected chi connectivity index (χ4v) is 7.95. The average Bonchev–Trinajstić information content (AvgIpc) is 3.31. The number of carbonyl (C=O) groups is 2. The van der Waals surface area contributed by atoms with E-state index in [1.165, 1.54) is 11.3 Å². The van der Waals surface area contributed by atoms with Gasteiger partial charge in [-0.05, 0) is 62.4 Å². The number of aryl methyl sites for hydroxylation is 2. The molecule has 5 rings (SSSR count). The zero-order valence-electron chi connectivity index (χ0n) is 20.8. The molecule has 0 unspecified atom stereocenters. The Kier molecular flexibility index (Phi) is 7.66. The molecule has 0 atom stereocenters. The molecule has 1 heterocycles. The van der Waals surface area contributed by atoms with Crippen molar-refractivity contribution in [2.24, 2.45) is 0 Å². The Morgan fingerprint density at radius 1 is 0.868 bits per heavy atom. The number of fused-ring (bicyclic) bond motifs is 1. The van der Waals surface area contributed by atoms with Gasteiger partial charge in [-0.25, -0.2) is 12.7 Å². The number of Topliss-reactive ketones (excluding diaryl/α,β-unsaturated/α-hetero) is 1. The van der Waals surface area contributed by atoms with Gasteiger partial charge in [-0.15, -0.1) is 11.3 Å². The maximum absolute atomic E-state index is 14.2. The maximum Gasteiger partial charge on any atom is 0.265 e. The molecule has 5 nitrogen and oxygen atoms in total. The number of thiophene rings is 1. The topological polar surface area (TPSA) is 71.5 Å². The second-order valence-electron chi connectivity index (χ2n) is 9.34. The number of sulfonamides is 1. The zero-order chi connectivity index (χ0) is 26.9. The highest BCUT2D eigenvalue weighted by atomic mass is 79.9. The quantitative estimate of drug-likeness (QED) is 0.202. The number of rotatable bonds is 8. The third-order valence-corrected chi connectivity index (χ3v) is 10.4. The van der Waals surface area contributed by atoms with Crippen LogP contribution < -0.4 is 4.31 Å². The van der Waals surface area contributed by atoms with E-state index in [4.69, 9.17) is 0 Å². The summed E-state index contributed by atoms with van der Waals surface area (Å²) in [4.78, 5) is 28.5. The summed E-state index contributed by atoms with van der Waals surface area (Å²) >= 11 is 4.70. The van der Waals surface area contributed by atoms with Crippen LogP contribution in [0.5, 0.6) is 0 Å². The SMILES string of the molecule is Cc1ccc(S(=O)(=O)N(CC(=O)c2ccc(Br)cc2)c2sc3c(c2C(=O)c2ccccc2)CCCC3)cc1. The third-order valence-electron chi connectivity index (χ3n) is 6.70. The minimum absolute atomic E-state index is 0.0798. The second-order valence-corrected chi connectivity index (χ2v) is 13.2. The number of benzene rings is 3. The van der Waals surface area contributed by atoms with Crippen LogP contribution in [0.1, 0.15) is 55.1 Å². The lowest BCUT2D eigenvalue weighted by atomic mass is 9.92. The Bertz CT molecular complexity index is 1590. The van der Waals surface area contributed by atoms with Crippen LogP contribution in [0.25, 0.3) is 0 Å². The molecule has 0 radical (unpaired) electrons. The Labute approximate surface area is 235 Å². The number of hydrogen-bond acceptors (Lipinski definition) is 5. The van der Waals surface area contributed by atoms with Gasteiger partial charge in [-0.2, -0.15) is 0 Å². The Balaban J connectivity index is 1.68. The van der Waals surface area contributed by atoms with Crippen LogP contribution in [0.4, 0.5) is 5.00 Å². The Morgan fingerprint density at radius 3 is 2.21 bits per heavy atom. The number of ketones is 2. The third kappa shape index (κ3) is 5.25. The molecule has 1 aliphatic carbocycles. The molecule has 0 amide bonds. The van der Waals surface area contributed by atoms with Crippen LogP contribution in [-0.2, 0) is 22.9 Å². The first-order valence-electron chi connectivity index (χ1n) is 12.4. The van der Waals surface area contributed by atoms with Gasteiger partial charge in [0.25, 0.3) is 10.0 Å². The molecule has 0 bridgehead atoms. The van der Waals surface area contributed by atoms with Crippen LogP contribution in [0.15, 0.2) is 88.2 Å². The lowest BCUT2D eigenvalue weighted by molar-refractivity contribution is 0.0998. The summed E-state index contributed by atoms with van der Waals surface area (Å²) < 4.78 is 30.3. The van der Waals surface area contributed by atoms with E-state index in [0.29, 0.717) is 28.1 Å². The minimum atomic E-state index is -4.16. The number of halogens is 1. The first-order chi connectivity index (χ1) is 18.3. The smallest absolute Gasteiger partial charge is 0.265 e. The molecule has 194 valence electrons. The molecule has 38 heavy (non-hydrogen) atoms. The average molecular weight is 609 g/mol. The van der Waals surface area contributed by atoms with E-state index in [9.17, 15) is 18.0 Å². The highest BCUT2D eigenvalue weighted by Gasteiger charge is 2.35. The van der Waals surface area contributed by atoms with E-state index in [1.807, 2.05) is 13.0 Å². The molecule has 0 aliphatic heterocycles. The Morgan fingerprint density at radius 2 is 1.53 bits per heavy atom. The van der Waals surface area contributed by atoms with Crippen molar-refractivity contribution in [1.82, 2.24) is 0 Å². The molecule has 0 saturated heterocycles. The van der Waals surface area contributed by atoms with Crippen molar-refractivity contribution in [1.29, 1.82) is 0 Å². The predicted octanol–water partition coefficient (Wildman–Crippen LogP) is 7.01. The molecule has 0 N–H and O–H groups in total. The Hall–Kier alpha value is -3.07. The van der Waals surface area contributed by atoms with Gasteiger partial charge in [0.1, 0.15) is 5.00 Å². The van der Waals surface area contributed by atoms with E-state index >= 15 is 0 Å². The summed E-state index contributed by atoms with van der Waals surface area (Å²) in [5, 5.41) is 0.316. The van der Waals surface area contributed by atoms with Gasteiger partial charge in [0.15, 0.2) is 11.6 Å². The van der Waals surface area contributed by atoms with Gasteiger partial charge in [0, 0.05) is 20.5 Å². The van der Waals surface area contributed by atoms with E-state index in [1.54, 1.807) is 72.8 Å². The summed E-state index contributed by atoms with van der Waals surface area (Å²) in [5.41, 5.74) is 3.12. The van der Waals surface area contributed by atoms with E-state index in [-0.39, 0.29) is 16.5 Å². The maximum atomic E-state index is 14.2. The highest BCUT2D eigenvalue weighted by molar-refractivity contribution is 9.10. The molecule has 0 fully saturated rings. The van der Waals surface area contributed by atoms with Gasteiger partial charge in [0.05, 0.1) is 17.0 Å². The van der Waals surface area contributed by atoms with Crippen LogP contribution in [0.3, 0.4) is 0 Å². The molecule has 1 aliphatic rings. The molecule has 4 aromatic rings. The van der Waals surface area contributed by atoms with Crippen molar-refractivity contribution in [3.63, 3.8) is 0 Å². The normalized spacial score (nSPS) is 13.1. The summed E-state index contributed by atoms with van der Waals surface area (Å²) in [5.74, 6) is -0.571. The van der Waals surface area contributed by atoms with Crippen molar-refractivity contribution < 1.29 is 18.0 Å². The monoisotopic (exact) mass is 607 g/mol. The van der Waals surface area contributed by atoms with Gasteiger partial charge >= 0.3 is 0 Å². The fraction of sp³-hybridized carbons (Fsp3) is 0.200. The molecule has 1 aromatic heterocycles. The van der Waals surface area contributed by atoms with E-state index in [0.717, 1.165) is 44.0 Å². The van der Waals surface area contributed by atoms with Crippen molar-refractivity contribution in [3.05, 3.63) is 116 Å². The van der Waals surface area contributed by atoms with Gasteiger partial charge in [-0.3, -0.25) is 9.59 Å². The molecule has 3 aromatic carbocycles. The predicted molar refractivity (Wildman–Crippen MR) is 155 cm³/mol. The highest BCUT2D eigenvalue weighted by Crippen LogP contribution is 2.43. The fourth-order valence-electron chi connectivity index (χ4n) is 4.66. The summed E-state index contributed by atoms with van der Waals surface area (Å²) in [6, 6.07) is 22.3. The van der Waals surface area contributed by atoms with Gasteiger partial charge in [-0.1, -0.05) is 76.1 Å². The van der Waals surface area contributed by atoms with Gasteiger partial charge in [0.2, 0.25) is 0 Å². The minimum Gasteiger partial charge on any atom is -0.292 e. The molecule has 0 saturated carbocycles. The van der Waals surface area contributed by atoms with Crippen molar-refractivity contribution in [2.45, 2.75) is 37.5 Å². The van der Waals surface area contributed by atoms with Crippen molar-refractivity contribution >= 4 is 53.9 Å². The standard InChI is InChI=1S/C30H26BrNO4S2/c1-20-11-17-24(18-12-20)38(35,36)32(19-26(33)21-13-15-23(31)16-14-21)30-28(25-9-5-6-10-27(25)37-30)29(34)22-7-3-2-4-8-22/h2-4,7-8,11-18H,5-6,9-10,19H2,1H3. The van der Waals surface area contributed by atoms with Crippen molar-refractivity contribution in [3.8, 4) is 0 Å². The summed E-state index contributed by atoms with van der Waals surface area (Å²) in [6.45, 7) is 1.47. The zero-order valence-corrected chi connectivity index (χ0v) is 24.0. The number of anilines is 1. The van der Waals surface area contributed by atoms with E-state index < -0.39 is 16.6 Å². The van der Waals surface area contributed by atoms with Gasteiger partial charge < -0.3 is 0 Å². The number of hydrogen-bond donors (Lipinski definition) is 0.